The summed E-state index contributed by atoms with van der Waals surface area (Å²) in [6.45, 7) is 6.96. The molecule has 0 fully saturated rings. The van der Waals surface area contributed by atoms with Crippen LogP contribution < -0.4 is 0 Å². The van der Waals surface area contributed by atoms with E-state index in [0.717, 1.165) is 28.3 Å². The second kappa shape index (κ2) is 6.64. The first kappa shape index (κ1) is 17.5. The van der Waals surface area contributed by atoms with Gasteiger partial charge < -0.3 is 0 Å². The highest BCUT2D eigenvalue weighted by Gasteiger charge is 2.32. The fourth-order valence-corrected chi connectivity index (χ4v) is 5.86. The Kier molecular flexibility index (Phi) is 4.46. The van der Waals surface area contributed by atoms with E-state index in [4.69, 9.17) is 4.99 Å². The number of benzene rings is 1. The zero-order chi connectivity index (χ0) is 18.3. The van der Waals surface area contributed by atoms with E-state index in [2.05, 4.69) is 57.2 Å². The van der Waals surface area contributed by atoms with Crippen LogP contribution in [-0.2, 0) is 12.8 Å². The van der Waals surface area contributed by atoms with E-state index in [-0.39, 0.29) is 0 Å². The van der Waals surface area contributed by atoms with Crippen molar-refractivity contribution in [1.29, 1.82) is 5.26 Å². The highest BCUT2D eigenvalue weighted by molar-refractivity contribution is 7.20. The maximum absolute atomic E-state index is 9.69. The molecule has 1 atom stereocenters. The summed E-state index contributed by atoms with van der Waals surface area (Å²) in [5.41, 5.74) is 2.37. The van der Waals surface area contributed by atoms with Gasteiger partial charge >= 0.3 is 0 Å². The summed E-state index contributed by atoms with van der Waals surface area (Å²) >= 11 is 3.46. The minimum Gasteiger partial charge on any atom is -0.243 e. The summed E-state index contributed by atoms with van der Waals surface area (Å²) in [4.78, 5) is 7.22. The molecule has 0 radical (unpaired) electrons. The molecule has 26 heavy (non-hydrogen) atoms. The van der Waals surface area contributed by atoms with Gasteiger partial charge in [0.05, 0.1) is 5.56 Å². The summed E-state index contributed by atoms with van der Waals surface area (Å²) in [6, 6.07) is 13.0. The van der Waals surface area contributed by atoms with Crippen molar-refractivity contribution < 1.29 is 0 Å². The van der Waals surface area contributed by atoms with E-state index in [9.17, 15) is 5.26 Å². The van der Waals surface area contributed by atoms with E-state index in [0.29, 0.717) is 11.3 Å². The van der Waals surface area contributed by atoms with E-state index in [1.54, 1.807) is 22.7 Å². The molecule has 0 saturated heterocycles. The Balaban J connectivity index is 1.65. The Morgan fingerprint density at radius 2 is 2.04 bits per heavy atom. The minimum atomic E-state index is 0.314. The van der Waals surface area contributed by atoms with Crippen LogP contribution in [0.4, 0.5) is 5.00 Å². The van der Waals surface area contributed by atoms with Crippen molar-refractivity contribution >= 4 is 44.0 Å². The van der Waals surface area contributed by atoms with E-state index < -0.39 is 0 Å². The van der Waals surface area contributed by atoms with Crippen LogP contribution in [0.15, 0.2) is 35.3 Å². The molecule has 0 amide bonds. The predicted octanol–water partition coefficient (Wildman–Crippen LogP) is 6.74. The van der Waals surface area contributed by atoms with Gasteiger partial charge in [-0.05, 0) is 53.7 Å². The summed E-state index contributed by atoms with van der Waals surface area (Å²) in [7, 11) is 0. The summed E-state index contributed by atoms with van der Waals surface area (Å²) in [5.74, 6) is 0.680. The van der Waals surface area contributed by atoms with Crippen molar-refractivity contribution in [3.05, 3.63) is 51.2 Å². The molecule has 4 heteroatoms. The van der Waals surface area contributed by atoms with Crippen molar-refractivity contribution in [2.45, 2.75) is 40.0 Å². The third-order valence-corrected chi connectivity index (χ3v) is 7.55. The molecular formula is C22H22N2S2. The lowest BCUT2D eigenvalue weighted by Crippen LogP contribution is -2.26. The number of rotatable bonds is 2. The van der Waals surface area contributed by atoms with Crippen LogP contribution in [-0.4, -0.2) is 6.21 Å². The lowest BCUT2D eigenvalue weighted by molar-refractivity contribution is 0.218. The summed E-state index contributed by atoms with van der Waals surface area (Å²) < 4.78 is 1.27. The van der Waals surface area contributed by atoms with Crippen LogP contribution in [0.3, 0.4) is 0 Å². The van der Waals surface area contributed by atoms with Gasteiger partial charge in [0.15, 0.2) is 0 Å². The number of fused-ring (bicyclic) bond motifs is 2. The molecule has 1 aromatic carbocycles. The number of aliphatic imine (C=N–C) groups is 1. The Labute approximate surface area is 162 Å². The Bertz CT molecular complexity index is 992. The van der Waals surface area contributed by atoms with Crippen molar-refractivity contribution in [2.24, 2.45) is 16.3 Å². The van der Waals surface area contributed by atoms with Gasteiger partial charge in [0.2, 0.25) is 0 Å². The molecule has 0 aliphatic heterocycles. The van der Waals surface area contributed by atoms with Crippen LogP contribution in [0.1, 0.15) is 48.1 Å². The summed E-state index contributed by atoms with van der Waals surface area (Å²) in [6.07, 6.45) is 5.18. The average molecular weight is 379 g/mol. The SMILES string of the molecule is CC(C)(C)C1CCc2c(sc(N=Cc3cc4ccccc4s3)c2C#N)C1. The van der Waals surface area contributed by atoms with Gasteiger partial charge in [0, 0.05) is 20.7 Å². The molecule has 3 aromatic rings. The van der Waals surface area contributed by atoms with Crippen LogP contribution in [0.5, 0.6) is 0 Å². The van der Waals surface area contributed by atoms with E-state index in [1.807, 2.05) is 6.21 Å². The number of hydrogen-bond donors (Lipinski definition) is 0. The first-order chi connectivity index (χ1) is 12.5. The van der Waals surface area contributed by atoms with Crippen molar-refractivity contribution in [3.8, 4) is 6.07 Å². The Morgan fingerprint density at radius 3 is 2.77 bits per heavy atom. The van der Waals surface area contributed by atoms with Gasteiger partial charge in [-0.3, -0.25) is 0 Å². The third-order valence-electron chi connectivity index (χ3n) is 5.34. The average Bonchev–Trinajstić information content (AvgIpc) is 3.18. The van der Waals surface area contributed by atoms with Crippen molar-refractivity contribution in [1.82, 2.24) is 0 Å². The first-order valence-electron chi connectivity index (χ1n) is 9.03. The molecule has 0 bridgehead atoms. The Hall–Kier alpha value is -1.96. The Morgan fingerprint density at radius 1 is 1.23 bits per heavy atom. The largest absolute Gasteiger partial charge is 0.243 e. The maximum atomic E-state index is 9.69. The monoisotopic (exact) mass is 378 g/mol. The standard InChI is InChI=1S/C22H22N2S2/c1-22(2,3)15-8-9-17-18(12-23)21(26-20(17)11-15)24-13-16-10-14-6-4-5-7-19(14)25-16/h4-7,10,13,15H,8-9,11H2,1-3H3. The van der Waals surface area contributed by atoms with Gasteiger partial charge in [0.1, 0.15) is 11.1 Å². The molecule has 2 aromatic heterocycles. The van der Waals surface area contributed by atoms with Gasteiger partial charge in [-0.1, -0.05) is 39.0 Å². The molecule has 1 aliphatic rings. The molecule has 132 valence electrons. The van der Waals surface area contributed by atoms with Crippen LogP contribution in [0.25, 0.3) is 10.1 Å². The molecule has 1 unspecified atom stereocenters. The highest BCUT2D eigenvalue weighted by atomic mass is 32.1. The van der Waals surface area contributed by atoms with Crippen LogP contribution >= 0.6 is 22.7 Å². The normalized spacial score (nSPS) is 17.5. The molecule has 4 rings (SSSR count). The molecule has 2 nitrogen and oxygen atoms in total. The molecular weight excluding hydrogens is 356 g/mol. The van der Waals surface area contributed by atoms with Crippen molar-refractivity contribution in [3.63, 3.8) is 0 Å². The topological polar surface area (TPSA) is 36.1 Å². The number of nitriles is 1. The minimum absolute atomic E-state index is 0.314. The second-order valence-electron chi connectivity index (χ2n) is 8.05. The van der Waals surface area contributed by atoms with E-state index >= 15 is 0 Å². The molecule has 1 aliphatic carbocycles. The molecule has 0 spiro atoms. The fraction of sp³-hybridized carbons (Fsp3) is 0.364. The number of thiophene rings is 2. The predicted molar refractivity (Wildman–Crippen MR) is 113 cm³/mol. The molecule has 0 N–H and O–H groups in total. The molecule has 2 heterocycles. The van der Waals surface area contributed by atoms with E-state index in [1.165, 1.54) is 26.9 Å². The van der Waals surface area contributed by atoms with Gasteiger partial charge in [-0.15, -0.1) is 22.7 Å². The summed E-state index contributed by atoms with van der Waals surface area (Å²) in [5, 5.41) is 11.8. The maximum Gasteiger partial charge on any atom is 0.134 e. The smallest absolute Gasteiger partial charge is 0.134 e. The van der Waals surface area contributed by atoms with Gasteiger partial charge in [-0.2, -0.15) is 5.26 Å². The van der Waals surface area contributed by atoms with Gasteiger partial charge in [-0.25, -0.2) is 4.99 Å². The van der Waals surface area contributed by atoms with Gasteiger partial charge in [0.25, 0.3) is 0 Å². The van der Waals surface area contributed by atoms with Crippen LogP contribution in [0.2, 0.25) is 0 Å². The zero-order valence-electron chi connectivity index (χ0n) is 15.4. The fourth-order valence-electron chi connectivity index (χ4n) is 3.71. The molecule has 0 saturated carbocycles. The number of hydrogen-bond acceptors (Lipinski definition) is 4. The number of nitrogens with zero attached hydrogens (tertiary/aromatic N) is 2. The second-order valence-corrected chi connectivity index (χ2v) is 10.2. The lowest BCUT2D eigenvalue weighted by atomic mass is 9.72. The highest BCUT2D eigenvalue weighted by Crippen LogP contribution is 2.44. The van der Waals surface area contributed by atoms with Crippen molar-refractivity contribution in [2.75, 3.05) is 0 Å². The zero-order valence-corrected chi connectivity index (χ0v) is 17.0. The third kappa shape index (κ3) is 3.22. The quantitative estimate of drug-likeness (QED) is 0.455. The lowest BCUT2D eigenvalue weighted by Gasteiger charge is -2.33. The first-order valence-corrected chi connectivity index (χ1v) is 10.7. The van der Waals surface area contributed by atoms with Crippen LogP contribution in [0, 0.1) is 22.7 Å².